The molecule has 0 aliphatic carbocycles. The van der Waals surface area contributed by atoms with Crippen LogP contribution in [0.5, 0.6) is 0 Å². The van der Waals surface area contributed by atoms with Crippen molar-refractivity contribution in [1.29, 1.82) is 0 Å². The second-order valence-electron chi connectivity index (χ2n) is 5.26. The summed E-state index contributed by atoms with van der Waals surface area (Å²) in [5.41, 5.74) is 1.97. The Kier molecular flexibility index (Phi) is 6.63. The highest BCUT2D eigenvalue weighted by Gasteiger charge is 2.07. The highest BCUT2D eigenvalue weighted by Crippen LogP contribution is 2.25. The lowest BCUT2D eigenvalue weighted by Gasteiger charge is -2.11. The molecule has 0 fully saturated rings. The van der Waals surface area contributed by atoms with Crippen LogP contribution in [0, 0.1) is 0 Å². The van der Waals surface area contributed by atoms with Crippen molar-refractivity contribution in [2.45, 2.75) is 19.8 Å². The summed E-state index contributed by atoms with van der Waals surface area (Å²) in [7, 11) is 0. The Hall–Kier alpha value is -2.53. The van der Waals surface area contributed by atoms with Crippen molar-refractivity contribution in [2.24, 2.45) is 0 Å². The number of anilines is 3. The number of carbonyl (C=O) groups excluding carboxylic acids is 2. The molecule has 0 saturated carbocycles. The number of hydrogen-bond acceptors (Lipinski definition) is 3. The topological polar surface area (TPSA) is 70.2 Å². The summed E-state index contributed by atoms with van der Waals surface area (Å²) >= 11 is 6.13. The van der Waals surface area contributed by atoms with E-state index in [1.807, 2.05) is 37.3 Å². The summed E-state index contributed by atoms with van der Waals surface area (Å²) in [6.07, 6.45) is 1.25. The molecule has 2 aromatic carbocycles. The van der Waals surface area contributed by atoms with Gasteiger partial charge >= 0.3 is 0 Å². The van der Waals surface area contributed by atoms with Crippen LogP contribution in [0.2, 0.25) is 5.02 Å². The minimum atomic E-state index is -0.183. The normalized spacial score (nSPS) is 10.1. The summed E-state index contributed by atoms with van der Waals surface area (Å²) in [5.74, 6) is -0.231. The molecule has 126 valence electrons. The van der Waals surface area contributed by atoms with E-state index in [2.05, 4.69) is 16.0 Å². The van der Waals surface area contributed by atoms with Crippen LogP contribution in [0.3, 0.4) is 0 Å². The van der Waals surface area contributed by atoms with Gasteiger partial charge in [-0.05, 0) is 36.8 Å². The number of halogens is 1. The molecule has 0 aliphatic heterocycles. The second-order valence-corrected chi connectivity index (χ2v) is 5.67. The maximum Gasteiger partial charge on any atom is 0.243 e. The Morgan fingerprint density at radius 3 is 2.38 bits per heavy atom. The lowest BCUT2D eigenvalue weighted by atomic mass is 10.2. The molecule has 24 heavy (non-hydrogen) atoms. The second kappa shape index (κ2) is 8.93. The third-order valence-corrected chi connectivity index (χ3v) is 3.55. The Morgan fingerprint density at radius 1 is 0.958 bits per heavy atom. The fourth-order valence-electron chi connectivity index (χ4n) is 2.09. The Balaban J connectivity index is 1.93. The van der Waals surface area contributed by atoms with E-state index < -0.39 is 0 Å². The molecule has 3 N–H and O–H groups in total. The van der Waals surface area contributed by atoms with Gasteiger partial charge in [-0.25, -0.2) is 0 Å². The van der Waals surface area contributed by atoms with Gasteiger partial charge in [0.05, 0.1) is 17.3 Å². The van der Waals surface area contributed by atoms with E-state index in [0.29, 0.717) is 22.8 Å². The van der Waals surface area contributed by atoms with Crippen molar-refractivity contribution in [3.05, 3.63) is 53.6 Å². The fraction of sp³-hybridized carbons (Fsp3) is 0.222. The minimum absolute atomic E-state index is 0.0485. The van der Waals surface area contributed by atoms with Gasteiger partial charge < -0.3 is 16.0 Å². The van der Waals surface area contributed by atoms with Gasteiger partial charge in [0.25, 0.3) is 0 Å². The molecular formula is C18H20ClN3O2. The molecule has 0 unspecified atom stereocenters. The molecular weight excluding hydrogens is 326 g/mol. The van der Waals surface area contributed by atoms with Gasteiger partial charge in [0.1, 0.15) is 0 Å². The van der Waals surface area contributed by atoms with Crippen LogP contribution >= 0.6 is 11.6 Å². The van der Waals surface area contributed by atoms with Gasteiger partial charge in [0.2, 0.25) is 11.8 Å². The molecule has 5 nitrogen and oxygen atoms in total. The van der Waals surface area contributed by atoms with Crippen molar-refractivity contribution < 1.29 is 9.59 Å². The summed E-state index contributed by atoms with van der Waals surface area (Å²) in [4.78, 5) is 23.6. The average Bonchev–Trinajstić information content (AvgIpc) is 2.56. The molecule has 0 spiro atoms. The Labute approximate surface area is 146 Å². The molecule has 2 rings (SSSR count). The summed E-state index contributed by atoms with van der Waals surface area (Å²) in [5, 5.41) is 9.05. The number of hydrogen-bond donors (Lipinski definition) is 3. The summed E-state index contributed by atoms with van der Waals surface area (Å²) in [6.45, 7) is 2.01. The number of carbonyl (C=O) groups is 2. The molecule has 0 saturated heterocycles. The van der Waals surface area contributed by atoms with Crippen LogP contribution in [0.4, 0.5) is 17.1 Å². The van der Waals surface area contributed by atoms with E-state index in [1.54, 1.807) is 18.2 Å². The van der Waals surface area contributed by atoms with E-state index in [1.165, 1.54) is 0 Å². The quantitative estimate of drug-likeness (QED) is 0.706. The minimum Gasteiger partial charge on any atom is -0.375 e. The summed E-state index contributed by atoms with van der Waals surface area (Å²) < 4.78 is 0. The molecule has 0 heterocycles. The zero-order chi connectivity index (χ0) is 17.4. The molecule has 2 aromatic rings. The number of benzene rings is 2. The molecule has 0 bridgehead atoms. The zero-order valence-electron chi connectivity index (χ0n) is 13.4. The van der Waals surface area contributed by atoms with Gasteiger partial charge in [-0.15, -0.1) is 0 Å². The van der Waals surface area contributed by atoms with E-state index in [4.69, 9.17) is 11.6 Å². The SMILES string of the molecule is CCCC(=O)Nc1ccc(Cl)c(NCC(=O)Nc2ccccc2)c1. The van der Waals surface area contributed by atoms with Gasteiger partial charge in [0, 0.05) is 17.8 Å². The van der Waals surface area contributed by atoms with Crippen LogP contribution in [0.15, 0.2) is 48.5 Å². The van der Waals surface area contributed by atoms with Crippen molar-refractivity contribution in [3.63, 3.8) is 0 Å². The first-order valence-corrected chi connectivity index (χ1v) is 8.14. The third kappa shape index (κ3) is 5.59. The van der Waals surface area contributed by atoms with E-state index in [9.17, 15) is 9.59 Å². The predicted octanol–water partition coefficient (Wildman–Crippen LogP) is 4.13. The van der Waals surface area contributed by atoms with E-state index in [-0.39, 0.29) is 18.4 Å². The first-order valence-electron chi connectivity index (χ1n) is 7.76. The number of rotatable bonds is 7. The number of nitrogens with one attached hydrogen (secondary N) is 3. The van der Waals surface area contributed by atoms with Crippen LogP contribution < -0.4 is 16.0 Å². The monoisotopic (exact) mass is 345 g/mol. The highest BCUT2D eigenvalue weighted by atomic mass is 35.5. The van der Waals surface area contributed by atoms with Crippen molar-refractivity contribution in [3.8, 4) is 0 Å². The Bertz CT molecular complexity index is 705. The lowest BCUT2D eigenvalue weighted by Crippen LogP contribution is -2.22. The van der Waals surface area contributed by atoms with Crippen molar-refractivity contribution >= 4 is 40.5 Å². The van der Waals surface area contributed by atoms with Crippen molar-refractivity contribution in [1.82, 2.24) is 0 Å². The van der Waals surface area contributed by atoms with Crippen LogP contribution in [-0.2, 0) is 9.59 Å². The van der Waals surface area contributed by atoms with Gasteiger partial charge in [0.15, 0.2) is 0 Å². The molecule has 0 radical (unpaired) electrons. The summed E-state index contributed by atoms with van der Waals surface area (Å²) in [6, 6.07) is 14.3. The van der Waals surface area contributed by atoms with Crippen LogP contribution in [-0.4, -0.2) is 18.4 Å². The van der Waals surface area contributed by atoms with Crippen molar-refractivity contribution in [2.75, 3.05) is 22.5 Å². The highest BCUT2D eigenvalue weighted by molar-refractivity contribution is 6.33. The molecule has 0 atom stereocenters. The Morgan fingerprint density at radius 2 is 1.67 bits per heavy atom. The van der Waals surface area contributed by atoms with Crippen LogP contribution in [0.1, 0.15) is 19.8 Å². The smallest absolute Gasteiger partial charge is 0.243 e. The van der Waals surface area contributed by atoms with Gasteiger partial charge in [-0.2, -0.15) is 0 Å². The molecule has 0 aliphatic rings. The average molecular weight is 346 g/mol. The third-order valence-electron chi connectivity index (χ3n) is 3.22. The number of amides is 2. The van der Waals surface area contributed by atoms with E-state index in [0.717, 1.165) is 12.1 Å². The first kappa shape index (κ1) is 17.8. The predicted molar refractivity (Wildman–Crippen MR) is 98.6 cm³/mol. The maximum absolute atomic E-state index is 12.0. The van der Waals surface area contributed by atoms with E-state index >= 15 is 0 Å². The first-order chi connectivity index (χ1) is 11.6. The number of para-hydroxylation sites is 1. The molecule has 0 aromatic heterocycles. The van der Waals surface area contributed by atoms with Gasteiger partial charge in [-0.3, -0.25) is 9.59 Å². The van der Waals surface area contributed by atoms with Crippen LogP contribution in [0.25, 0.3) is 0 Å². The molecule has 6 heteroatoms. The standard InChI is InChI=1S/C18H20ClN3O2/c1-2-6-17(23)22-14-9-10-15(19)16(11-14)20-12-18(24)21-13-7-4-3-5-8-13/h3-5,7-11,20H,2,6,12H2,1H3,(H,21,24)(H,22,23). The fourth-order valence-corrected chi connectivity index (χ4v) is 2.28. The molecule has 2 amide bonds. The lowest BCUT2D eigenvalue weighted by molar-refractivity contribution is -0.116. The largest absolute Gasteiger partial charge is 0.375 e. The zero-order valence-corrected chi connectivity index (χ0v) is 14.2. The maximum atomic E-state index is 12.0. The van der Waals surface area contributed by atoms with Gasteiger partial charge in [-0.1, -0.05) is 36.7 Å².